The minimum Gasteiger partial charge on any atom is -0.422 e. The Morgan fingerprint density at radius 3 is 2.79 bits per heavy atom. The van der Waals surface area contributed by atoms with Crippen molar-refractivity contribution in [2.75, 3.05) is 11.5 Å². The van der Waals surface area contributed by atoms with Crippen LogP contribution in [0.5, 0.6) is 0 Å². The molecule has 2 heterocycles. The maximum absolute atomic E-state index is 12.0. The highest BCUT2D eigenvalue weighted by Crippen LogP contribution is 2.18. The number of hydrazone groups is 1. The molecule has 0 aliphatic carbocycles. The first-order valence-corrected chi connectivity index (χ1v) is 9.26. The molecule has 2 aromatic rings. The van der Waals surface area contributed by atoms with E-state index in [1.54, 1.807) is 31.2 Å². The average molecular weight is 348 g/mol. The smallest absolute Gasteiger partial charge is 0.345 e. The molecule has 7 nitrogen and oxygen atoms in total. The van der Waals surface area contributed by atoms with Crippen molar-refractivity contribution in [2.45, 2.75) is 13.3 Å². The number of carbonyl (C=O) groups is 1. The molecule has 0 saturated carbocycles. The highest BCUT2D eigenvalue weighted by atomic mass is 32.2. The third kappa shape index (κ3) is 3.38. The number of sulfone groups is 1. The number of hydrogen-bond donors (Lipinski definition) is 1. The fourth-order valence-electron chi connectivity index (χ4n) is 2.61. The van der Waals surface area contributed by atoms with Gasteiger partial charge in [-0.15, -0.1) is 0 Å². The van der Waals surface area contributed by atoms with Crippen molar-refractivity contribution in [3.8, 4) is 0 Å². The first-order valence-electron chi connectivity index (χ1n) is 7.43. The molecule has 3 rings (SSSR count). The number of nitrogens with one attached hydrogen (secondary N) is 1. The first-order chi connectivity index (χ1) is 11.4. The summed E-state index contributed by atoms with van der Waals surface area (Å²) < 4.78 is 28.0. The van der Waals surface area contributed by atoms with E-state index in [4.69, 9.17) is 4.42 Å². The van der Waals surface area contributed by atoms with Crippen LogP contribution in [0.15, 0.2) is 44.6 Å². The van der Waals surface area contributed by atoms with Crippen LogP contribution in [0.4, 0.5) is 0 Å². The van der Waals surface area contributed by atoms with E-state index >= 15 is 0 Å². The molecule has 1 aromatic heterocycles. The van der Waals surface area contributed by atoms with Crippen LogP contribution >= 0.6 is 0 Å². The Kier molecular flexibility index (Phi) is 4.23. The van der Waals surface area contributed by atoms with Crippen LogP contribution < -0.4 is 11.1 Å². The molecule has 1 atom stereocenters. The number of para-hydroxylation sites is 1. The highest BCUT2D eigenvalue weighted by Gasteiger charge is 2.32. The number of amides is 1. The summed E-state index contributed by atoms with van der Waals surface area (Å²) >= 11 is 0. The van der Waals surface area contributed by atoms with Crippen molar-refractivity contribution in [1.82, 2.24) is 5.43 Å². The van der Waals surface area contributed by atoms with E-state index in [1.807, 2.05) is 6.07 Å². The quantitative estimate of drug-likeness (QED) is 0.507. The topological polar surface area (TPSA) is 106 Å². The van der Waals surface area contributed by atoms with Crippen molar-refractivity contribution < 1.29 is 17.6 Å². The Labute approximate surface area is 138 Å². The molecular weight excluding hydrogens is 332 g/mol. The number of rotatable bonds is 3. The lowest BCUT2D eigenvalue weighted by atomic mass is 10.1. The van der Waals surface area contributed by atoms with Gasteiger partial charge in [0, 0.05) is 5.39 Å². The van der Waals surface area contributed by atoms with Crippen molar-refractivity contribution in [3.05, 3.63) is 46.3 Å². The van der Waals surface area contributed by atoms with Crippen molar-refractivity contribution >= 4 is 32.4 Å². The molecule has 24 heavy (non-hydrogen) atoms. The maximum Gasteiger partial charge on any atom is 0.345 e. The number of benzene rings is 1. The van der Waals surface area contributed by atoms with E-state index in [1.165, 1.54) is 0 Å². The van der Waals surface area contributed by atoms with Crippen LogP contribution in [0.3, 0.4) is 0 Å². The second-order valence-corrected chi connectivity index (χ2v) is 7.99. The monoisotopic (exact) mass is 348 g/mol. The van der Waals surface area contributed by atoms with Gasteiger partial charge in [-0.05, 0) is 25.5 Å². The zero-order valence-electron chi connectivity index (χ0n) is 13.0. The summed E-state index contributed by atoms with van der Waals surface area (Å²) in [6, 6.07) is 8.72. The standard InChI is InChI=1S/C16H16N2O5S/c1-10(17-18-15(19)12-6-7-24(21,22)9-12)13-8-11-4-2-3-5-14(11)23-16(13)20/h2-5,8,12H,6-7,9H2,1H3,(H,18,19)/b17-10-/t12-/m1/s1. The van der Waals surface area contributed by atoms with Gasteiger partial charge in [0.1, 0.15) is 5.58 Å². The summed E-state index contributed by atoms with van der Waals surface area (Å²) in [6.07, 6.45) is 0.293. The van der Waals surface area contributed by atoms with Crippen LogP contribution in [-0.2, 0) is 14.6 Å². The fourth-order valence-corrected chi connectivity index (χ4v) is 4.35. The normalized spacial score (nSPS) is 20.2. The Balaban J connectivity index is 1.80. The summed E-state index contributed by atoms with van der Waals surface area (Å²) in [5.74, 6) is -1.20. The molecule has 1 saturated heterocycles. The largest absolute Gasteiger partial charge is 0.422 e. The third-order valence-corrected chi connectivity index (χ3v) is 5.74. The lowest BCUT2D eigenvalue weighted by molar-refractivity contribution is -0.124. The molecule has 1 fully saturated rings. The zero-order chi connectivity index (χ0) is 17.3. The summed E-state index contributed by atoms with van der Waals surface area (Å²) in [7, 11) is -3.14. The van der Waals surface area contributed by atoms with E-state index in [0.29, 0.717) is 17.7 Å². The van der Waals surface area contributed by atoms with Gasteiger partial charge < -0.3 is 4.42 Å². The van der Waals surface area contributed by atoms with E-state index in [2.05, 4.69) is 10.5 Å². The molecule has 1 aliphatic rings. The molecule has 1 aromatic carbocycles. The minimum atomic E-state index is -3.14. The van der Waals surface area contributed by atoms with Gasteiger partial charge in [0.15, 0.2) is 9.84 Å². The predicted molar refractivity (Wildman–Crippen MR) is 89.6 cm³/mol. The first kappa shape index (κ1) is 16.4. The molecule has 0 bridgehead atoms. The zero-order valence-corrected chi connectivity index (χ0v) is 13.8. The van der Waals surface area contributed by atoms with Crippen molar-refractivity contribution in [3.63, 3.8) is 0 Å². The van der Waals surface area contributed by atoms with Gasteiger partial charge >= 0.3 is 5.63 Å². The van der Waals surface area contributed by atoms with Crippen molar-refractivity contribution in [2.24, 2.45) is 11.0 Å². The highest BCUT2D eigenvalue weighted by molar-refractivity contribution is 7.91. The fraction of sp³-hybridized carbons (Fsp3) is 0.312. The lowest BCUT2D eigenvalue weighted by Crippen LogP contribution is -2.29. The van der Waals surface area contributed by atoms with E-state index in [-0.39, 0.29) is 17.1 Å². The van der Waals surface area contributed by atoms with Gasteiger partial charge in [-0.2, -0.15) is 5.10 Å². The third-order valence-electron chi connectivity index (χ3n) is 3.97. The molecule has 8 heteroatoms. The number of fused-ring (bicyclic) bond motifs is 1. The van der Waals surface area contributed by atoms with Crippen LogP contribution in [0.1, 0.15) is 18.9 Å². The van der Waals surface area contributed by atoms with Gasteiger partial charge in [0.25, 0.3) is 0 Å². The van der Waals surface area contributed by atoms with Gasteiger partial charge in [0.2, 0.25) is 5.91 Å². The Hall–Kier alpha value is -2.48. The van der Waals surface area contributed by atoms with Gasteiger partial charge in [-0.1, -0.05) is 18.2 Å². The molecule has 126 valence electrons. The van der Waals surface area contributed by atoms with Crippen LogP contribution in [-0.4, -0.2) is 31.5 Å². The average Bonchev–Trinajstić information content (AvgIpc) is 2.91. The summed E-state index contributed by atoms with van der Waals surface area (Å²) in [5, 5.41) is 4.66. The number of nitrogens with zero attached hydrogens (tertiary/aromatic N) is 1. The van der Waals surface area contributed by atoms with Crippen LogP contribution in [0.2, 0.25) is 0 Å². The number of carbonyl (C=O) groups excluding carboxylic acids is 1. The minimum absolute atomic E-state index is 0.0159. The Morgan fingerprint density at radius 2 is 2.08 bits per heavy atom. The van der Waals surface area contributed by atoms with E-state index < -0.39 is 27.3 Å². The van der Waals surface area contributed by atoms with Crippen molar-refractivity contribution in [1.29, 1.82) is 0 Å². The van der Waals surface area contributed by atoms with E-state index in [9.17, 15) is 18.0 Å². The van der Waals surface area contributed by atoms with E-state index in [0.717, 1.165) is 5.39 Å². The van der Waals surface area contributed by atoms with Crippen LogP contribution in [0.25, 0.3) is 11.0 Å². The van der Waals surface area contributed by atoms with Gasteiger partial charge in [0.05, 0.1) is 28.7 Å². The second-order valence-electron chi connectivity index (χ2n) is 5.76. The van der Waals surface area contributed by atoms with Gasteiger partial charge in [-0.25, -0.2) is 18.6 Å². The second kappa shape index (κ2) is 6.20. The summed E-state index contributed by atoms with van der Waals surface area (Å²) in [5.41, 5.74) is 2.80. The summed E-state index contributed by atoms with van der Waals surface area (Å²) in [6.45, 7) is 1.58. The van der Waals surface area contributed by atoms with Gasteiger partial charge in [-0.3, -0.25) is 4.79 Å². The summed E-state index contributed by atoms with van der Waals surface area (Å²) in [4.78, 5) is 24.0. The lowest BCUT2D eigenvalue weighted by Gasteiger charge is -2.06. The molecule has 1 amide bonds. The predicted octanol–water partition coefficient (Wildman–Crippen LogP) is 1.07. The molecule has 0 radical (unpaired) electrons. The number of hydrogen-bond acceptors (Lipinski definition) is 6. The Morgan fingerprint density at radius 1 is 1.33 bits per heavy atom. The van der Waals surface area contributed by atoms with Crippen LogP contribution in [0, 0.1) is 5.92 Å². The molecule has 0 unspecified atom stereocenters. The molecule has 0 spiro atoms. The SMILES string of the molecule is C/C(=N/NC(=O)[C@@H]1CCS(=O)(=O)C1)c1cc2ccccc2oc1=O. The maximum atomic E-state index is 12.0. The molecular formula is C16H16N2O5S. The molecule has 1 aliphatic heterocycles. The molecule has 1 N–H and O–H groups in total. The Bertz CT molecular complexity index is 991.